The molecule has 5 aromatic carbocycles. The van der Waals surface area contributed by atoms with Gasteiger partial charge in [-0.15, -0.1) is 20.5 Å². The lowest BCUT2D eigenvalue weighted by Gasteiger charge is -2.12. The van der Waals surface area contributed by atoms with E-state index in [1.807, 2.05) is 0 Å². The maximum atomic E-state index is 12.4. The summed E-state index contributed by atoms with van der Waals surface area (Å²) in [5.41, 5.74) is -4.12. The number of phenols is 3. The molecular formula is C26H17N5O14S3. The normalized spacial score (nSPS) is 12.8. The predicted molar refractivity (Wildman–Crippen MR) is 164 cm³/mol. The molecule has 0 aromatic heterocycles. The number of nitro groups is 1. The van der Waals surface area contributed by atoms with E-state index in [4.69, 9.17) is 0 Å². The summed E-state index contributed by atoms with van der Waals surface area (Å²) in [6.45, 7) is 0. The number of rotatable bonds is 8. The van der Waals surface area contributed by atoms with Gasteiger partial charge >= 0.3 is 5.69 Å². The van der Waals surface area contributed by atoms with Crippen molar-refractivity contribution in [2.45, 2.75) is 14.7 Å². The van der Waals surface area contributed by atoms with Crippen LogP contribution in [0.15, 0.2) is 102 Å². The van der Waals surface area contributed by atoms with Crippen molar-refractivity contribution in [2.24, 2.45) is 20.5 Å². The van der Waals surface area contributed by atoms with Gasteiger partial charge in [0, 0.05) is 11.5 Å². The van der Waals surface area contributed by atoms with Gasteiger partial charge < -0.3 is 15.3 Å². The molecule has 19 nitrogen and oxygen atoms in total. The van der Waals surface area contributed by atoms with Crippen LogP contribution >= 0.6 is 0 Å². The summed E-state index contributed by atoms with van der Waals surface area (Å²) in [7, 11) is -15.5. The lowest BCUT2D eigenvalue weighted by molar-refractivity contribution is -0.386. The van der Waals surface area contributed by atoms with Gasteiger partial charge in [0.25, 0.3) is 30.4 Å². The van der Waals surface area contributed by atoms with E-state index in [9.17, 15) is 64.3 Å². The standard InChI is InChI=1S/C26H17N5O14S3/c32-20-6-5-12-3-1-2-4-16(12)23(20)29-27-17-9-14(46(37,38)39)7-13-8-21(48(43,44)45)24(26(34)22(13)17)30-28-18-10-15(47(40,41)42)11-19(25(18)33)31(35)36/h1-11,32-34H,(H,37,38,39)(H,40,41,42)(H,43,44,45). The van der Waals surface area contributed by atoms with E-state index in [1.54, 1.807) is 30.3 Å². The van der Waals surface area contributed by atoms with E-state index < -0.39 is 95.0 Å². The fraction of sp³-hybridized carbons (Fsp3) is 0. The number of benzene rings is 5. The summed E-state index contributed by atoms with van der Waals surface area (Å²) in [5.74, 6) is -2.87. The van der Waals surface area contributed by atoms with Crippen molar-refractivity contribution in [1.82, 2.24) is 0 Å². The Morgan fingerprint density at radius 3 is 1.81 bits per heavy atom. The Morgan fingerprint density at radius 2 is 1.19 bits per heavy atom. The molecule has 0 bridgehead atoms. The predicted octanol–water partition coefficient (Wildman–Crippen LogP) is 5.59. The van der Waals surface area contributed by atoms with Gasteiger partial charge in [0.2, 0.25) is 5.75 Å². The zero-order valence-corrected chi connectivity index (χ0v) is 25.7. The number of azo groups is 2. The lowest BCUT2D eigenvalue weighted by atomic mass is 10.1. The number of hydrogen-bond acceptors (Lipinski definition) is 15. The smallest absolute Gasteiger partial charge is 0.314 e. The van der Waals surface area contributed by atoms with Crippen LogP contribution < -0.4 is 0 Å². The molecule has 5 aromatic rings. The summed E-state index contributed by atoms with van der Waals surface area (Å²) in [4.78, 5) is 6.86. The maximum absolute atomic E-state index is 12.4. The number of nitro benzene ring substituents is 1. The highest BCUT2D eigenvalue weighted by Crippen LogP contribution is 2.48. The third-order valence-corrected chi connectivity index (χ3v) is 9.14. The third-order valence-electron chi connectivity index (χ3n) is 6.61. The summed E-state index contributed by atoms with van der Waals surface area (Å²) >= 11 is 0. The Hall–Kier alpha value is -5.65. The molecule has 0 saturated carbocycles. The highest BCUT2D eigenvalue weighted by molar-refractivity contribution is 7.86. The van der Waals surface area contributed by atoms with Gasteiger partial charge in [0.05, 0.1) is 20.9 Å². The minimum absolute atomic E-state index is 0.122. The second kappa shape index (κ2) is 11.9. The zero-order valence-electron chi connectivity index (χ0n) is 23.3. The monoisotopic (exact) mass is 719 g/mol. The highest BCUT2D eigenvalue weighted by Gasteiger charge is 2.27. The average Bonchev–Trinajstić information content (AvgIpc) is 2.98. The molecule has 0 radical (unpaired) electrons. The molecule has 248 valence electrons. The van der Waals surface area contributed by atoms with Crippen LogP contribution in [0.4, 0.5) is 28.4 Å². The number of nitrogens with zero attached hydrogens (tertiary/aromatic N) is 5. The summed E-state index contributed by atoms with van der Waals surface area (Å²) in [6, 6.07) is 12.1. The first-order valence-electron chi connectivity index (χ1n) is 12.6. The maximum Gasteiger partial charge on any atom is 0.314 e. The van der Waals surface area contributed by atoms with E-state index in [1.165, 1.54) is 6.07 Å². The van der Waals surface area contributed by atoms with Gasteiger partial charge in [-0.1, -0.05) is 30.3 Å². The van der Waals surface area contributed by atoms with Crippen molar-refractivity contribution in [3.8, 4) is 17.2 Å². The molecule has 0 fully saturated rings. The van der Waals surface area contributed by atoms with Crippen LogP contribution in [0.1, 0.15) is 0 Å². The van der Waals surface area contributed by atoms with Crippen molar-refractivity contribution in [2.75, 3.05) is 0 Å². The van der Waals surface area contributed by atoms with Gasteiger partial charge in [0.15, 0.2) is 5.75 Å². The fourth-order valence-corrected chi connectivity index (χ4v) is 6.17. The second-order valence-electron chi connectivity index (χ2n) is 9.66. The van der Waals surface area contributed by atoms with Crippen LogP contribution in [-0.2, 0) is 30.4 Å². The molecule has 0 heterocycles. The third kappa shape index (κ3) is 6.46. The van der Waals surface area contributed by atoms with Gasteiger partial charge in [-0.3, -0.25) is 23.8 Å². The van der Waals surface area contributed by atoms with Crippen LogP contribution in [-0.4, -0.2) is 59.2 Å². The fourth-order valence-electron chi connectivity index (χ4n) is 4.46. The van der Waals surface area contributed by atoms with E-state index in [0.29, 0.717) is 41.1 Å². The first kappa shape index (κ1) is 33.7. The quantitative estimate of drug-likeness (QED) is 0.0493. The highest BCUT2D eigenvalue weighted by atomic mass is 32.2. The topological polar surface area (TPSA) is 316 Å². The molecule has 0 atom stereocenters. The minimum atomic E-state index is -5.38. The molecule has 0 amide bonds. The minimum Gasteiger partial charge on any atom is -0.506 e. The van der Waals surface area contributed by atoms with Crippen molar-refractivity contribution in [3.63, 3.8) is 0 Å². The Bertz CT molecular complexity index is 2610. The number of fused-ring (bicyclic) bond motifs is 2. The molecule has 0 aliphatic carbocycles. The SMILES string of the molecule is O=[N+]([O-])c1cc(S(=O)(=O)O)cc(N=Nc2c(S(=O)(=O)O)cc3cc(S(=O)(=O)O)cc(N=Nc4c(O)ccc5ccccc45)c3c2O)c1O. The summed E-state index contributed by atoms with van der Waals surface area (Å²) in [5, 5.41) is 58.1. The largest absolute Gasteiger partial charge is 0.506 e. The molecule has 0 aliphatic heterocycles. The lowest BCUT2D eigenvalue weighted by Crippen LogP contribution is -2.01. The molecular weight excluding hydrogens is 703 g/mol. The Labute approximate surface area is 268 Å². The van der Waals surface area contributed by atoms with Crippen LogP contribution in [0.2, 0.25) is 0 Å². The van der Waals surface area contributed by atoms with Gasteiger partial charge in [-0.05, 0) is 41.1 Å². The van der Waals surface area contributed by atoms with Crippen molar-refractivity contribution >= 4 is 80.3 Å². The summed E-state index contributed by atoms with van der Waals surface area (Å²) < 4.78 is 101. The molecule has 5 rings (SSSR count). The number of aromatic hydroxyl groups is 3. The van der Waals surface area contributed by atoms with Crippen molar-refractivity contribution < 1.29 is 59.2 Å². The van der Waals surface area contributed by atoms with E-state index >= 15 is 0 Å². The second-order valence-corrected chi connectivity index (χ2v) is 13.9. The van der Waals surface area contributed by atoms with Crippen LogP contribution in [0.25, 0.3) is 21.5 Å². The average molecular weight is 720 g/mol. The van der Waals surface area contributed by atoms with Crippen molar-refractivity contribution in [3.05, 3.63) is 76.8 Å². The molecule has 22 heteroatoms. The van der Waals surface area contributed by atoms with Crippen molar-refractivity contribution in [1.29, 1.82) is 0 Å². The molecule has 0 aliphatic rings. The molecule has 0 spiro atoms. The molecule has 0 saturated heterocycles. The first-order chi connectivity index (χ1) is 22.3. The van der Waals surface area contributed by atoms with Crippen LogP contribution in [0.3, 0.4) is 0 Å². The number of phenolic OH excluding ortho intramolecular Hbond substituents is 3. The molecule has 6 N–H and O–H groups in total. The Kier molecular flexibility index (Phi) is 8.33. The Morgan fingerprint density at radius 1 is 0.604 bits per heavy atom. The number of hydrogen-bond donors (Lipinski definition) is 6. The van der Waals surface area contributed by atoms with E-state index in [0.717, 1.165) is 0 Å². The van der Waals surface area contributed by atoms with E-state index in [-0.39, 0.29) is 11.4 Å². The van der Waals surface area contributed by atoms with Gasteiger partial charge in [0.1, 0.15) is 32.6 Å². The van der Waals surface area contributed by atoms with Gasteiger partial charge in [-0.2, -0.15) is 25.3 Å². The summed E-state index contributed by atoms with van der Waals surface area (Å²) in [6.07, 6.45) is 0. The molecule has 0 unspecified atom stereocenters. The first-order valence-corrected chi connectivity index (χ1v) is 16.9. The molecule has 48 heavy (non-hydrogen) atoms. The van der Waals surface area contributed by atoms with Crippen LogP contribution in [0, 0.1) is 10.1 Å². The zero-order chi connectivity index (χ0) is 35.3. The Balaban J connectivity index is 1.83. The van der Waals surface area contributed by atoms with Gasteiger partial charge in [-0.25, -0.2) is 0 Å². The van der Waals surface area contributed by atoms with E-state index in [2.05, 4.69) is 20.5 Å². The van der Waals surface area contributed by atoms with Crippen LogP contribution in [0.5, 0.6) is 17.2 Å².